The van der Waals surface area contributed by atoms with Crippen LogP contribution in [0.25, 0.3) is 11.0 Å². The number of halogens is 1. The molecule has 0 saturated heterocycles. The van der Waals surface area contributed by atoms with Gasteiger partial charge in [0.05, 0.1) is 17.1 Å². The number of nitrogens with one attached hydrogen (secondary N) is 3. The maximum absolute atomic E-state index is 12.5. The topological polar surface area (TPSA) is 81.0 Å². The Morgan fingerprint density at radius 3 is 2.68 bits per heavy atom. The Morgan fingerprint density at radius 1 is 1.20 bits per heavy atom. The molecule has 1 atom stereocenters. The molecule has 0 aliphatic rings. The first kappa shape index (κ1) is 17.3. The molecule has 6 nitrogen and oxygen atoms in total. The van der Waals surface area contributed by atoms with Crippen LogP contribution in [0.1, 0.15) is 12.5 Å². The lowest BCUT2D eigenvalue weighted by Crippen LogP contribution is -2.39. The third-order valence-corrected chi connectivity index (χ3v) is 4.57. The van der Waals surface area contributed by atoms with Crippen molar-refractivity contribution >= 4 is 34.2 Å². The monoisotopic (exact) mass is 358 g/mol. The van der Waals surface area contributed by atoms with Crippen molar-refractivity contribution in [2.45, 2.75) is 19.5 Å². The summed E-state index contributed by atoms with van der Waals surface area (Å²) in [7, 11) is 1.88. The minimum absolute atomic E-state index is 0.133. The molecule has 25 heavy (non-hydrogen) atoms. The molecule has 1 aromatic heterocycles. The molecule has 3 N–H and O–H groups in total. The number of benzene rings is 2. The number of H-pyrrole nitrogens is 2. The summed E-state index contributed by atoms with van der Waals surface area (Å²) >= 11 is 6.18. The van der Waals surface area contributed by atoms with Crippen LogP contribution in [0.3, 0.4) is 0 Å². The summed E-state index contributed by atoms with van der Waals surface area (Å²) in [6, 6.07) is 12.5. The van der Waals surface area contributed by atoms with Crippen molar-refractivity contribution in [1.29, 1.82) is 0 Å². The normalized spacial score (nSPS) is 12.5. The first-order valence-corrected chi connectivity index (χ1v) is 8.28. The van der Waals surface area contributed by atoms with Crippen LogP contribution in [0, 0.1) is 0 Å². The van der Waals surface area contributed by atoms with Gasteiger partial charge >= 0.3 is 5.69 Å². The van der Waals surface area contributed by atoms with E-state index >= 15 is 0 Å². The average molecular weight is 359 g/mol. The first-order chi connectivity index (χ1) is 11.9. The zero-order chi connectivity index (χ0) is 18.0. The highest BCUT2D eigenvalue weighted by Crippen LogP contribution is 2.18. The van der Waals surface area contributed by atoms with Crippen molar-refractivity contribution in [3.8, 4) is 0 Å². The second-order valence-corrected chi connectivity index (χ2v) is 6.42. The zero-order valence-electron chi connectivity index (χ0n) is 14.0. The van der Waals surface area contributed by atoms with Crippen LogP contribution in [0.15, 0.2) is 47.3 Å². The highest BCUT2D eigenvalue weighted by atomic mass is 35.5. The van der Waals surface area contributed by atoms with E-state index in [0.29, 0.717) is 28.3 Å². The van der Waals surface area contributed by atoms with Gasteiger partial charge in [0, 0.05) is 17.3 Å². The Kier molecular flexibility index (Phi) is 4.92. The van der Waals surface area contributed by atoms with Crippen molar-refractivity contribution < 1.29 is 4.79 Å². The second kappa shape index (κ2) is 7.13. The Morgan fingerprint density at radius 2 is 1.92 bits per heavy atom. The molecule has 130 valence electrons. The number of carbonyl (C=O) groups excluding carboxylic acids is 1. The molecule has 3 rings (SSSR count). The number of hydrogen-bond donors (Lipinski definition) is 3. The molecule has 0 aliphatic heterocycles. The van der Waals surface area contributed by atoms with Gasteiger partial charge in [0.2, 0.25) is 5.91 Å². The van der Waals surface area contributed by atoms with Gasteiger partial charge in [-0.1, -0.05) is 29.8 Å². The summed E-state index contributed by atoms with van der Waals surface area (Å²) in [5, 5.41) is 3.56. The summed E-state index contributed by atoms with van der Waals surface area (Å²) < 4.78 is 0. The van der Waals surface area contributed by atoms with Crippen LogP contribution in [0.5, 0.6) is 0 Å². The van der Waals surface area contributed by atoms with Gasteiger partial charge in [-0.25, -0.2) is 4.79 Å². The summed E-state index contributed by atoms with van der Waals surface area (Å²) in [4.78, 5) is 31.1. The van der Waals surface area contributed by atoms with E-state index in [1.54, 1.807) is 18.2 Å². The molecule has 0 bridgehead atoms. The Balaban J connectivity index is 1.68. The quantitative estimate of drug-likeness (QED) is 0.656. The predicted octanol–water partition coefficient (Wildman–Crippen LogP) is 2.97. The number of anilines is 1. The number of imidazole rings is 1. The van der Waals surface area contributed by atoms with Crippen molar-refractivity contribution in [2.75, 3.05) is 12.4 Å². The van der Waals surface area contributed by atoms with Gasteiger partial charge in [-0.2, -0.15) is 0 Å². The number of rotatable bonds is 5. The number of aromatic amines is 2. The van der Waals surface area contributed by atoms with Gasteiger partial charge < -0.3 is 15.3 Å². The number of carbonyl (C=O) groups is 1. The molecule has 7 heteroatoms. The molecule has 0 radical (unpaired) electrons. The van der Waals surface area contributed by atoms with Crippen LogP contribution in [-0.2, 0) is 11.3 Å². The minimum Gasteiger partial charge on any atom is -0.325 e. The van der Waals surface area contributed by atoms with Gasteiger partial charge in [0.25, 0.3) is 0 Å². The summed E-state index contributed by atoms with van der Waals surface area (Å²) in [6.45, 7) is 2.40. The molecular formula is C18H19ClN4O2. The van der Waals surface area contributed by atoms with E-state index in [4.69, 9.17) is 11.6 Å². The molecule has 0 spiro atoms. The minimum atomic E-state index is -0.350. The fraction of sp³-hybridized carbons (Fsp3) is 0.222. The van der Waals surface area contributed by atoms with E-state index in [-0.39, 0.29) is 17.6 Å². The third kappa shape index (κ3) is 3.92. The van der Waals surface area contributed by atoms with Gasteiger partial charge in [-0.15, -0.1) is 0 Å². The molecule has 0 saturated carbocycles. The number of fused-ring (bicyclic) bond motifs is 1. The Hall–Kier alpha value is -2.57. The van der Waals surface area contributed by atoms with Crippen molar-refractivity contribution in [3.05, 3.63) is 63.5 Å². The molecule has 1 amide bonds. The Bertz CT molecular complexity index is 963. The second-order valence-electron chi connectivity index (χ2n) is 6.01. The predicted molar refractivity (Wildman–Crippen MR) is 99.9 cm³/mol. The molecule has 2 aromatic carbocycles. The van der Waals surface area contributed by atoms with Gasteiger partial charge in [0.1, 0.15) is 0 Å². The van der Waals surface area contributed by atoms with Gasteiger partial charge in [-0.3, -0.25) is 9.69 Å². The number of amides is 1. The number of nitrogens with zero attached hydrogens (tertiary/aromatic N) is 1. The van der Waals surface area contributed by atoms with E-state index < -0.39 is 0 Å². The lowest BCUT2D eigenvalue weighted by atomic mass is 10.2. The van der Waals surface area contributed by atoms with E-state index in [1.807, 2.05) is 43.1 Å². The highest BCUT2D eigenvalue weighted by molar-refractivity contribution is 6.31. The maximum atomic E-state index is 12.5. The fourth-order valence-electron chi connectivity index (χ4n) is 2.59. The Labute approximate surface area is 149 Å². The van der Waals surface area contributed by atoms with Crippen LogP contribution >= 0.6 is 11.6 Å². The average Bonchev–Trinajstić information content (AvgIpc) is 2.95. The molecule has 1 heterocycles. The molecule has 0 aliphatic carbocycles. The van der Waals surface area contributed by atoms with Crippen molar-refractivity contribution in [3.63, 3.8) is 0 Å². The molecule has 0 fully saturated rings. The number of hydrogen-bond acceptors (Lipinski definition) is 3. The van der Waals surface area contributed by atoms with Crippen LogP contribution in [-0.4, -0.2) is 33.9 Å². The lowest BCUT2D eigenvalue weighted by Gasteiger charge is -2.24. The van der Waals surface area contributed by atoms with E-state index in [1.165, 1.54) is 0 Å². The SMILES string of the molecule is C[C@@H](C(=O)Nc1ccc2[nH]c(=O)[nH]c2c1)N(C)Cc1ccccc1Cl. The van der Waals surface area contributed by atoms with Gasteiger partial charge in [-0.05, 0) is 43.8 Å². The number of likely N-dealkylation sites (N-methyl/N-ethyl adjacent to an activating group) is 1. The van der Waals surface area contributed by atoms with Crippen LogP contribution < -0.4 is 11.0 Å². The fourth-order valence-corrected chi connectivity index (χ4v) is 2.78. The number of aromatic nitrogens is 2. The molecule has 3 aromatic rings. The molecule has 0 unspecified atom stereocenters. The summed E-state index contributed by atoms with van der Waals surface area (Å²) in [5.41, 5.74) is 2.68. The standard InChI is InChI=1S/C18H19ClN4O2/c1-11(23(2)10-12-5-3-4-6-14(12)19)17(24)20-13-7-8-15-16(9-13)22-18(25)21-15/h3-9,11H,10H2,1-2H3,(H,20,24)(H2,21,22,25)/t11-/m0/s1. The van der Waals surface area contributed by atoms with Crippen molar-refractivity contribution in [1.82, 2.24) is 14.9 Å². The van der Waals surface area contributed by atoms with E-state index in [9.17, 15) is 9.59 Å². The lowest BCUT2D eigenvalue weighted by molar-refractivity contribution is -0.120. The first-order valence-electron chi connectivity index (χ1n) is 7.90. The zero-order valence-corrected chi connectivity index (χ0v) is 14.7. The maximum Gasteiger partial charge on any atom is 0.323 e. The van der Waals surface area contributed by atoms with Crippen LogP contribution in [0.4, 0.5) is 5.69 Å². The largest absolute Gasteiger partial charge is 0.325 e. The van der Waals surface area contributed by atoms with Gasteiger partial charge in [0.15, 0.2) is 0 Å². The summed E-state index contributed by atoms with van der Waals surface area (Å²) in [5.74, 6) is -0.133. The van der Waals surface area contributed by atoms with E-state index in [0.717, 1.165) is 5.56 Å². The molecular weight excluding hydrogens is 340 g/mol. The van der Waals surface area contributed by atoms with Crippen molar-refractivity contribution in [2.24, 2.45) is 0 Å². The smallest absolute Gasteiger partial charge is 0.323 e. The highest BCUT2D eigenvalue weighted by Gasteiger charge is 2.19. The third-order valence-electron chi connectivity index (χ3n) is 4.20. The summed E-state index contributed by atoms with van der Waals surface area (Å²) in [6.07, 6.45) is 0. The van der Waals surface area contributed by atoms with E-state index in [2.05, 4.69) is 15.3 Å². The van der Waals surface area contributed by atoms with Crippen LogP contribution in [0.2, 0.25) is 5.02 Å².